The third-order valence-corrected chi connectivity index (χ3v) is 5.05. The van der Waals surface area contributed by atoms with Crippen molar-refractivity contribution in [2.45, 2.75) is 25.8 Å². The number of piperidine rings is 1. The number of rotatable bonds is 5. The Morgan fingerprint density at radius 1 is 1.00 bits per heavy atom. The summed E-state index contributed by atoms with van der Waals surface area (Å²) in [4.78, 5) is 6.71. The first-order chi connectivity index (χ1) is 13.2. The number of nitrogens with zero attached hydrogens (tertiary/aromatic N) is 3. The van der Waals surface area contributed by atoms with Gasteiger partial charge in [0.1, 0.15) is 11.6 Å². The SMILES string of the molecule is Fc1ccc(-c2noc(CN3CCC(Cc4cccc(F)c4)CC3)n2)cc1. The summed E-state index contributed by atoms with van der Waals surface area (Å²) in [5, 5.41) is 3.99. The Bertz CT molecular complexity index is 886. The molecule has 4 rings (SSSR count). The first-order valence-electron chi connectivity index (χ1n) is 9.21. The van der Waals surface area contributed by atoms with E-state index in [2.05, 4.69) is 15.0 Å². The molecule has 27 heavy (non-hydrogen) atoms. The van der Waals surface area contributed by atoms with Crippen LogP contribution >= 0.6 is 0 Å². The maximum atomic E-state index is 13.3. The highest BCUT2D eigenvalue weighted by molar-refractivity contribution is 5.53. The summed E-state index contributed by atoms with van der Waals surface area (Å²) in [6, 6.07) is 12.9. The number of halogens is 2. The minimum absolute atomic E-state index is 0.168. The van der Waals surface area contributed by atoms with E-state index < -0.39 is 0 Å². The Labute approximate surface area is 156 Å². The molecule has 3 aromatic rings. The van der Waals surface area contributed by atoms with Gasteiger partial charge in [0.15, 0.2) is 0 Å². The number of hydrogen-bond donors (Lipinski definition) is 0. The smallest absolute Gasteiger partial charge is 0.241 e. The largest absolute Gasteiger partial charge is 0.338 e. The Morgan fingerprint density at radius 3 is 2.52 bits per heavy atom. The van der Waals surface area contributed by atoms with Crippen molar-refractivity contribution in [3.05, 3.63) is 71.6 Å². The molecule has 1 aliphatic heterocycles. The molecule has 140 valence electrons. The van der Waals surface area contributed by atoms with Crippen molar-refractivity contribution < 1.29 is 13.3 Å². The fourth-order valence-electron chi connectivity index (χ4n) is 3.57. The molecule has 0 saturated carbocycles. The predicted octanol–water partition coefficient (Wildman–Crippen LogP) is 4.47. The molecule has 0 aliphatic carbocycles. The Morgan fingerprint density at radius 2 is 1.78 bits per heavy atom. The maximum absolute atomic E-state index is 13.3. The highest BCUT2D eigenvalue weighted by Crippen LogP contribution is 2.23. The van der Waals surface area contributed by atoms with Gasteiger partial charge in [-0.3, -0.25) is 4.90 Å². The average molecular weight is 369 g/mol. The van der Waals surface area contributed by atoms with E-state index in [4.69, 9.17) is 4.52 Å². The van der Waals surface area contributed by atoms with Crippen LogP contribution in [0.2, 0.25) is 0 Å². The highest BCUT2D eigenvalue weighted by Gasteiger charge is 2.21. The lowest BCUT2D eigenvalue weighted by molar-refractivity contribution is 0.159. The lowest BCUT2D eigenvalue weighted by atomic mass is 9.90. The molecule has 1 aliphatic rings. The third-order valence-electron chi connectivity index (χ3n) is 5.05. The van der Waals surface area contributed by atoms with Gasteiger partial charge in [0.25, 0.3) is 0 Å². The molecular weight excluding hydrogens is 348 g/mol. The Kier molecular flexibility index (Phi) is 5.25. The second kappa shape index (κ2) is 7.96. The zero-order valence-electron chi connectivity index (χ0n) is 14.9. The van der Waals surface area contributed by atoms with Crippen LogP contribution in [0.1, 0.15) is 24.3 Å². The molecule has 0 amide bonds. The lowest BCUT2D eigenvalue weighted by Gasteiger charge is -2.31. The van der Waals surface area contributed by atoms with Gasteiger partial charge in [-0.15, -0.1) is 0 Å². The van der Waals surface area contributed by atoms with Crippen LogP contribution in [0.25, 0.3) is 11.4 Å². The number of hydrogen-bond acceptors (Lipinski definition) is 4. The maximum Gasteiger partial charge on any atom is 0.241 e. The molecule has 0 radical (unpaired) electrons. The van der Waals surface area contributed by atoms with E-state index in [1.807, 2.05) is 6.07 Å². The Balaban J connectivity index is 1.30. The van der Waals surface area contributed by atoms with Gasteiger partial charge in [-0.25, -0.2) is 8.78 Å². The molecule has 1 fully saturated rings. The van der Waals surface area contributed by atoms with Crippen molar-refractivity contribution in [1.82, 2.24) is 15.0 Å². The second-order valence-corrected chi connectivity index (χ2v) is 7.07. The average Bonchev–Trinajstić information content (AvgIpc) is 3.12. The molecule has 2 aromatic carbocycles. The van der Waals surface area contributed by atoms with Crippen molar-refractivity contribution in [3.8, 4) is 11.4 Å². The van der Waals surface area contributed by atoms with E-state index in [0.29, 0.717) is 24.2 Å². The fourth-order valence-corrected chi connectivity index (χ4v) is 3.57. The van der Waals surface area contributed by atoms with E-state index in [-0.39, 0.29) is 11.6 Å². The van der Waals surface area contributed by atoms with Gasteiger partial charge < -0.3 is 4.52 Å². The molecule has 0 bridgehead atoms. The topological polar surface area (TPSA) is 42.2 Å². The molecule has 1 aromatic heterocycles. The summed E-state index contributed by atoms with van der Waals surface area (Å²) in [5.41, 5.74) is 1.80. The van der Waals surface area contributed by atoms with Gasteiger partial charge in [0.2, 0.25) is 11.7 Å². The van der Waals surface area contributed by atoms with Crippen LogP contribution < -0.4 is 0 Å². The standard InChI is InChI=1S/C21H21F2N3O/c22-18-6-4-17(5-7-18)21-24-20(27-25-21)14-26-10-8-15(9-11-26)12-16-2-1-3-19(23)13-16/h1-7,13,15H,8-12,14H2. The van der Waals surface area contributed by atoms with Crippen LogP contribution in [0.5, 0.6) is 0 Å². The molecule has 4 nitrogen and oxygen atoms in total. The van der Waals surface area contributed by atoms with Crippen molar-refractivity contribution in [3.63, 3.8) is 0 Å². The van der Waals surface area contributed by atoms with Gasteiger partial charge in [-0.1, -0.05) is 17.3 Å². The lowest BCUT2D eigenvalue weighted by Crippen LogP contribution is -2.34. The summed E-state index contributed by atoms with van der Waals surface area (Å²) in [6.45, 7) is 2.52. The second-order valence-electron chi connectivity index (χ2n) is 7.07. The molecule has 0 atom stereocenters. The van der Waals surface area contributed by atoms with Crippen LogP contribution in [-0.4, -0.2) is 28.1 Å². The van der Waals surface area contributed by atoms with Crippen LogP contribution in [0, 0.1) is 17.6 Å². The first kappa shape index (κ1) is 17.8. The van der Waals surface area contributed by atoms with Gasteiger partial charge in [-0.05, 0) is 80.2 Å². The number of aromatic nitrogens is 2. The third kappa shape index (κ3) is 4.57. The summed E-state index contributed by atoms with van der Waals surface area (Å²) >= 11 is 0. The highest BCUT2D eigenvalue weighted by atomic mass is 19.1. The quantitative estimate of drug-likeness (QED) is 0.665. The van der Waals surface area contributed by atoms with Crippen LogP contribution in [0.3, 0.4) is 0 Å². The monoisotopic (exact) mass is 369 g/mol. The van der Waals surface area contributed by atoms with E-state index >= 15 is 0 Å². The van der Waals surface area contributed by atoms with E-state index in [9.17, 15) is 8.78 Å². The zero-order valence-corrected chi connectivity index (χ0v) is 14.9. The fraction of sp³-hybridized carbons (Fsp3) is 0.333. The van der Waals surface area contributed by atoms with Gasteiger partial charge >= 0.3 is 0 Å². The molecule has 0 spiro atoms. The minimum atomic E-state index is -0.288. The van der Waals surface area contributed by atoms with Crippen LogP contribution in [-0.2, 0) is 13.0 Å². The molecule has 0 N–H and O–H groups in total. The van der Waals surface area contributed by atoms with E-state index in [0.717, 1.165) is 43.5 Å². The summed E-state index contributed by atoms with van der Waals surface area (Å²) in [5.74, 6) is 1.16. The number of benzene rings is 2. The van der Waals surface area contributed by atoms with E-state index in [1.165, 1.54) is 18.2 Å². The van der Waals surface area contributed by atoms with E-state index in [1.54, 1.807) is 24.3 Å². The molecule has 6 heteroatoms. The zero-order chi connectivity index (χ0) is 18.6. The van der Waals surface area contributed by atoms with Crippen LogP contribution in [0.15, 0.2) is 53.1 Å². The predicted molar refractivity (Wildman–Crippen MR) is 97.8 cm³/mol. The molecule has 0 unspecified atom stereocenters. The van der Waals surface area contributed by atoms with Gasteiger partial charge in [0, 0.05) is 5.56 Å². The summed E-state index contributed by atoms with van der Waals surface area (Å²) in [6.07, 6.45) is 3.05. The summed E-state index contributed by atoms with van der Waals surface area (Å²) in [7, 11) is 0. The molecule has 2 heterocycles. The Hall–Kier alpha value is -2.60. The first-order valence-corrected chi connectivity index (χ1v) is 9.21. The van der Waals surface area contributed by atoms with Crippen molar-refractivity contribution in [1.29, 1.82) is 0 Å². The van der Waals surface area contributed by atoms with Crippen molar-refractivity contribution in [2.75, 3.05) is 13.1 Å². The van der Waals surface area contributed by atoms with Gasteiger partial charge in [-0.2, -0.15) is 4.98 Å². The van der Waals surface area contributed by atoms with Crippen molar-refractivity contribution >= 4 is 0 Å². The molecule has 1 saturated heterocycles. The van der Waals surface area contributed by atoms with Crippen LogP contribution in [0.4, 0.5) is 8.78 Å². The summed E-state index contributed by atoms with van der Waals surface area (Å²) < 4.78 is 31.7. The normalized spacial score (nSPS) is 15.9. The molecular formula is C21H21F2N3O. The minimum Gasteiger partial charge on any atom is -0.338 e. The van der Waals surface area contributed by atoms with Gasteiger partial charge in [0.05, 0.1) is 6.54 Å². The number of likely N-dealkylation sites (tertiary alicyclic amines) is 1. The van der Waals surface area contributed by atoms with Crippen molar-refractivity contribution in [2.24, 2.45) is 5.92 Å².